The molecule has 0 spiro atoms. The van der Waals surface area contributed by atoms with E-state index in [2.05, 4.69) is 15.2 Å². The van der Waals surface area contributed by atoms with Crippen molar-refractivity contribution in [1.29, 1.82) is 0 Å². The van der Waals surface area contributed by atoms with E-state index in [4.69, 9.17) is 16.3 Å². The largest absolute Gasteiger partial charge is 0.490 e. The quantitative estimate of drug-likeness (QED) is 0.675. The Labute approximate surface area is 167 Å². The molecule has 1 amide bonds. The summed E-state index contributed by atoms with van der Waals surface area (Å²) in [4.78, 5) is 19.3. The minimum Gasteiger partial charge on any atom is -0.490 e. The maximum atomic E-state index is 13.1. The van der Waals surface area contributed by atoms with E-state index in [0.29, 0.717) is 35.2 Å². The van der Waals surface area contributed by atoms with Crippen molar-refractivity contribution in [1.82, 2.24) is 24.6 Å². The second-order valence-electron chi connectivity index (χ2n) is 6.73. The lowest BCUT2D eigenvalue weighted by Gasteiger charge is -2.32. The first kappa shape index (κ1) is 18.4. The number of aromatic nitrogens is 4. The van der Waals surface area contributed by atoms with Gasteiger partial charge in [-0.05, 0) is 36.4 Å². The van der Waals surface area contributed by atoms with Crippen molar-refractivity contribution < 1.29 is 9.53 Å². The van der Waals surface area contributed by atoms with Crippen molar-refractivity contribution >= 4 is 17.5 Å². The lowest BCUT2D eigenvalue weighted by Crippen LogP contribution is -2.42. The third kappa shape index (κ3) is 3.84. The van der Waals surface area contributed by atoms with Gasteiger partial charge in [-0.25, -0.2) is 0 Å². The van der Waals surface area contributed by atoms with Crippen LogP contribution in [0, 0.1) is 0 Å². The van der Waals surface area contributed by atoms with E-state index in [1.54, 1.807) is 29.2 Å². The number of piperidine rings is 1. The van der Waals surface area contributed by atoms with Crippen molar-refractivity contribution in [3.8, 4) is 17.3 Å². The molecule has 2 aromatic heterocycles. The predicted octanol–water partition coefficient (Wildman–Crippen LogP) is 3.21. The first-order chi connectivity index (χ1) is 13.6. The average molecular weight is 398 g/mol. The van der Waals surface area contributed by atoms with Crippen LogP contribution in [0.1, 0.15) is 23.2 Å². The van der Waals surface area contributed by atoms with Crippen molar-refractivity contribution in [2.75, 3.05) is 13.1 Å². The monoisotopic (exact) mass is 397 g/mol. The lowest BCUT2D eigenvalue weighted by molar-refractivity contribution is 0.0596. The smallest absolute Gasteiger partial charge is 0.256 e. The Balaban J connectivity index is 1.44. The first-order valence-electron chi connectivity index (χ1n) is 9.12. The number of rotatable bonds is 4. The zero-order chi connectivity index (χ0) is 19.5. The standard InChI is InChI=1S/C20H20ClN5O2/c1-25-13-23-24-19(25)18-17(3-2-10-22-18)20(27)26-11-8-16(9-12-26)28-15-6-4-14(21)5-7-15/h2-7,10,13,16H,8-9,11-12H2,1H3. The van der Waals surface area contributed by atoms with Gasteiger partial charge in [-0.2, -0.15) is 0 Å². The highest BCUT2D eigenvalue weighted by Gasteiger charge is 2.27. The van der Waals surface area contributed by atoms with E-state index in [1.165, 1.54) is 0 Å². The highest BCUT2D eigenvalue weighted by atomic mass is 35.5. The Morgan fingerprint density at radius 1 is 1.18 bits per heavy atom. The fourth-order valence-corrected chi connectivity index (χ4v) is 3.43. The molecule has 1 aliphatic heterocycles. The van der Waals surface area contributed by atoms with Crippen molar-refractivity contribution in [3.63, 3.8) is 0 Å². The number of amides is 1. The summed E-state index contributed by atoms with van der Waals surface area (Å²) in [6.45, 7) is 1.26. The Hall–Kier alpha value is -2.93. The minimum absolute atomic E-state index is 0.0453. The number of likely N-dealkylation sites (tertiary alicyclic amines) is 1. The zero-order valence-corrected chi connectivity index (χ0v) is 16.2. The SMILES string of the molecule is Cn1cnnc1-c1ncccc1C(=O)N1CCC(Oc2ccc(Cl)cc2)CC1. The van der Waals surface area contributed by atoms with Crippen LogP contribution in [0.5, 0.6) is 5.75 Å². The molecule has 1 fully saturated rings. The predicted molar refractivity (Wildman–Crippen MR) is 105 cm³/mol. The third-order valence-corrected chi connectivity index (χ3v) is 5.06. The molecule has 0 atom stereocenters. The van der Waals surface area contributed by atoms with Gasteiger partial charge in [0.25, 0.3) is 5.91 Å². The van der Waals surface area contributed by atoms with E-state index in [0.717, 1.165) is 18.6 Å². The van der Waals surface area contributed by atoms with Crippen LogP contribution in [0.3, 0.4) is 0 Å². The van der Waals surface area contributed by atoms with Gasteiger partial charge in [0.05, 0.1) is 5.56 Å². The molecule has 144 valence electrons. The fraction of sp³-hybridized carbons (Fsp3) is 0.300. The fourth-order valence-electron chi connectivity index (χ4n) is 3.31. The van der Waals surface area contributed by atoms with Gasteiger partial charge in [-0.3, -0.25) is 9.78 Å². The van der Waals surface area contributed by atoms with Crippen LogP contribution < -0.4 is 4.74 Å². The molecule has 0 unspecified atom stereocenters. The summed E-state index contributed by atoms with van der Waals surface area (Å²) in [5.74, 6) is 1.33. The number of pyridine rings is 1. The summed E-state index contributed by atoms with van der Waals surface area (Å²) in [7, 11) is 1.83. The maximum Gasteiger partial charge on any atom is 0.256 e. The normalized spacial score (nSPS) is 14.9. The molecule has 0 radical (unpaired) electrons. The summed E-state index contributed by atoms with van der Waals surface area (Å²) < 4.78 is 7.77. The molecular formula is C20H20ClN5O2. The van der Waals surface area contributed by atoms with Gasteiger partial charge in [-0.1, -0.05) is 11.6 Å². The maximum absolute atomic E-state index is 13.1. The molecule has 1 aromatic carbocycles. The van der Waals surface area contributed by atoms with Crippen molar-refractivity contribution in [2.24, 2.45) is 7.05 Å². The minimum atomic E-state index is -0.0453. The lowest BCUT2D eigenvalue weighted by atomic mass is 10.1. The summed E-state index contributed by atoms with van der Waals surface area (Å²) in [6, 6.07) is 10.9. The number of aryl methyl sites for hydroxylation is 1. The number of hydrogen-bond acceptors (Lipinski definition) is 5. The molecule has 0 aliphatic carbocycles. The number of ether oxygens (including phenoxy) is 1. The van der Waals surface area contributed by atoms with Gasteiger partial charge >= 0.3 is 0 Å². The van der Waals surface area contributed by atoms with Gasteiger partial charge in [0.1, 0.15) is 23.9 Å². The van der Waals surface area contributed by atoms with E-state index in [9.17, 15) is 4.79 Å². The Bertz CT molecular complexity index is 965. The molecule has 0 bridgehead atoms. The zero-order valence-electron chi connectivity index (χ0n) is 15.5. The van der Waals surface area contributed by atoms with Gasteiger partial charge < -0.3 is 14.2 Å². The summed E-state index contributed by atoms with van der Waals surface area (Å²) in [5.41, 5.74) is 1.09. The number of nitrogens with zero attached hydrogens (tertiary/aromatic N) is 5. The van der Waals surface area contributed by atoms with Crippen LogP contribution in [-0.2, 0) is 7.05 Å². The molecule has 1 aliphatic rings. The summed E-state index contributed by atoms with van der Waals surface area (Å²) in [6.07, 6.45) is 4.88. The second-order valence-corrected chi connectivity index (χ2v) is 7.16. The number of benzene rings is 1. The molecule has 7 nitrogen and oxygen atoms in total. The molecule has 1 saturated heterocycles. The van der Waals surface area contributed by atoms with Crippen LogP contribution in [0.2, 0.25) is 5.02 Å². The summed E-state index contributed by atoms with van der Waals surface area (Å²) >= 11 is 5.91. The molecule has 3 heterocycles. The average Bonchev–Trinajstić information content (AvgIpc) is 3.15. The molecule has 4 rings (SSSR count). The van der Waals surface area contributed by atoms with Gasteiger partial charge in [0.2, 0.25) is 0 Å². The van der Waals surface area contributed by atoms with E-state index >= 15 is 0 Å². The highest BCUT2D eigenvalue weighted by molar-refractivity contribution is 6.30. The second kappa shape index (κ2) is 7.98. The highest BCUT2D eigenvalue weighted by Crippen LogP contribution is 2.24. The Kier molecular flexibility index (Phi) is 5.25. The van der Waals surface area contributed by atoms with Gasteiger partial charge in [0.15, 0.2) is 5.82 Å². The van der Waals surface area contributed by atoms with Gasteiger partial charge in [0, 0.05) is 44.2 Å². The van der Waals surface area contributed by atoms with E-state index < -0.39 is 0 Å². The third-order valence-electron chi connectivity index (χ3n) is 4.81. The molecule has 3 aromatic rings. The molecule has 0 saturated carbocycles. The van der Waals surface area contributed by atoms with E-state index in [-0.39, 0.29) is 12.0 Å². The van der Waals surface area contributed by atoms with Crippen LogP contribution in [0.25, 0.3) is 11.5 Å². The Morgan fingerprint density at radius 3 is 2.61 bits per heavy atom. The number of halogens is 1. The van der Waals surface area contributed by atoms with Crippen molar-refractivity contribution in [2.45, 2.75) is 18.9 Å². The van der Waals surface area contributed by atoms with Gasteiger partial charge in [-0.15, -0.1) is 10.2 Å². The molecule has 8 heteroatoms. The first-order valence-corrected chi connectivity index (χ1v) is 9.50. The van der Waals surface area contributed by atoms with Crippen LogP contribution >= 0.6 is 11.6 Å². The van der Waals surface area contributed by atoms with Crippen LogP contribution in [0.4, 0.5) is 0 Å². The Morgan fingerprint density at radius 2 is 1.93 bits per heavy atom. The van der Waals surface area contributed by atoms with E-state index in [1.807, 2.05) is 36.2 Å². The number of carbonyl (C=O) groups is 1. The number of hydrogen-bond donors (Lipinski definition) is 0. The van der Waals surface area contributed by atoms with Crippen molar-refractivity contribution in [3.05, 3.63) is 59.5 Å². The molecule has 0 N–H and O–H groups in total. The molecule has 28 heavy (non-hydrogen) atoms. The topological polar surface area (TPSA) is 73.1 Å². The summed E-state index contributed by atoms with van der Waals surface area (Å²) in [5, 5.41) is 8.66. The van der Waals surface area contributed by atoms with Crippen LogP contribution in [-0.4, -0.2) is 49.7 Å². The van der Waals surface area contributed by atoms with Crippen LogP contribution in [0.15, 0.2) is 48.9 Å². The number of carbonyl (C=O) groups excluding carboxylic acids is 1. The molecular weight excluding hydrogens is 378 g/mol.